The number of hydrazone groups is 1. The fourth-order valence-corrected chi connectivity index (χ4v) is 2.83. The van der Waals surface area contributed by atoms with E-state index in [1.165, 1.54) is 12.3 Å². The van der Waals surface area contributed by atoms with E-state index in [-0.39, 0.29) is 10.7 Å². The molecule has 0 aliphatic carbocycles. The fourth-order valence-electron chi connectivity index (χ4n) is 2.67. The van der Waals surface area contributed by atoms with Crippen LogP contribution in [0.5, 0.6) is 11.5 Å². The highest BCUT2D eigenvalue weighted by molar-refractivity contribution is 6.30. The average Bonchev–Trinajstić information content (AvgIpc) is 3.19. The molecule has 0 aliphatic rings. The van der Waals surface area contributed by atoms with Gasteiger partial charge < -0.3 is 19.3 Å². The van der Waals surface area contributed by atoms with Crippen molar-refractivity contribution in [3.05, 3.63) is 75.0 Å². The number of benzene rings is 2. The van der Waals surface area contributed by atoms with Crippen LogP contribution in [0.15, 0.2) is 58.0 Å². The Labute approximate surface area is 171 Å². The van der Waals surface area contributed by atoms with Crippen molar-refractivity contribution in [2.75, 3.05) is 14.2 Å². The van der Waals surface area contributed by atoms with E-state index in [0.717, 1.165) is 5.56 Å². The summed E-state index contributed by atoms with van der Waals surface area (Å²) in [5, 5.41) is 15.6. The summed E-state index contributed by atoms with van der Waals surface area (Å²) in [5.74, 6) is 2.09. The zero-order valence-electron chi connectivity index (χ0n) is 15.7. The number of nitrogens with zero attached hydrogens (tertiary/aromatic N) is 2. The number of methoxy groups -OCH3 is 2. The Balaban J connectivity index is 1.67. The lowest BCUT2D eigenvalue weighted by Crippen LogP contribution is -2.05. The molecule has 150 valence electrons. The second kappa shape index (κ2) is 9.11. The van der Waals surface area contributed by atoms with E-state index in [4.69, 9.17) is 25.5 Å². The smallest absolute Gasteiger partial charge is 0.281 e. The second-order valence-electron chi connectivity index (χ2n) is 5.90. The maximum absolute atomic E-state index is 11.2. The summed E-state index contributed by atoms with van der Waals surface area (Å²) >= 11 is 5.85. The molecule has 3 aromatic rings. The van der Waals surface area contributed by atoms with E-state index >= 15 is 0 Å². The lowest BCUT2D eigenvalue weighted by molar-refractivity contribution is -0.384. The van der Waals surface area contributed by atoms with Gasteiger partial charge in [-0.3, -0.25) is 10.1 Å². The quantitative estimate of drug-likeness (QED) is 0.326. The Morgan fingerprint density at radius 3 is 2.66 bits per heavy atom. The van der Waals surface area contributed by atoms with Crippen molar-refractivity contribution in [3.8, 4) is 22.8 Å². The van der Waals surface area contributed by atoms with Gasteiger partial charge in [-0.05, 0) is 42.0 Å². The van der Waals surface area contributed by atoms with Gasteiger partial charge in [-0.1, -0.05) is 17.7 Å². The molecule has 0 spiro atoms. The molecule has 1 N–H and O–H groups in total. The summed E-state index contributed by atoms with van der Waals surface area (Å²) in [7, 11) is 3.16. The molecule has 9 heteroatoms. The number of nitro groups is 1. The van der Waals surface area contributed by atoms with Crippen molar-refractivity contribution in [1.82, 2.24) is 5.43 Å². The van der Waals surface area contributed by atoms with E-state index in [2.05, 4.69) is 10.5 Å². The van der Waals surface area contributed by atoms with Gasteiger partial charge in [0.05, 0.1) is 37.5 Å². The maximum Gasteiger partial charge on any atom is 0.281 e. The first kappa shape index (κ1) is 20.2. The summed E-state index contributed by atoms with van der Waals surface area (Å²) in [5.41, 5.74) is 4.09. The molecule has 8 nitrogen and oxygen atoms in total. The third kappa shape index (κ3) is 4.85. The minimum atomic E-state index is -0.498. The summed E-state index contributed by atoms with van der Waals surface area (Å²) in [6.45, 7) is 0.465. The Bertz CT molecular complexity index is 1050. The van der Waals surface area contributed by atoms with Gasteiger partial charge in [-0.25, -0.2) is 0 Å². The minimum Gasteiger partial charge on any atom is -0.493 e. The van der Waals surface area contributed by atoms with Crippen molar-refractivity contribution in [2.24, 2.45) is 5.10 Å². The van der Waals surface area contributed by atoms with Crippen LogP contribution in [0.4, 0.5) is 5.69 Å². The first-order chi connectivity index (χ1) is 14.0. The monoisotopic (exact) mass is 415 g/mol. The number of rotatable bonds is 8. The zero-order valence-corrected chi connectivity index (χ0v) is 16.5. The first-order valence-corrected chi connectivity index (χ1v) is 8.90. The normalized spacial score (nSPS) is 10.9. The molecule has 1 aromatic heterocycles. The number of furan rings is 1. The van der Waals surface area contributed by atoms with Crippen molar-refractivity contribution >= 4 is 23.5 Å². The summed E-state index contributed by atoms with van der Waals surface area (Å²) in [6.07, 6.45) is 1.49. The van der Waals surface area contributed by atoms with Crippen LogP contribution in [-0.4, -0.2) is 25.4 Å². The standard InChI is InChI=1S/C20H18ClN3O5/c1-27-19-7-3-13(9-20(19)28-2)11-22-23-12-15-5-8-18(29-15)16-6-4-14(21)10-17(16)24(25)26/h3-10,12,22H,11H2,1-2H3/b23-12-. The van der Waals surface area contributed by atoms with Crippen molar-refractivity contribution in [2.45, 2.75) is 6.54 Å². The molecule has 2 aromatic carbocycles. The van der Waals surface area contributed by atoms with Crippen molar-refractivity contribution in [1.29, 1.82) is 0 Å². The molecule has 0 amide bonds. The van der Waals surface area contributed by atoms with Gasteiger partial charge in [0, 0.05) is 11.1 Å². The molecule has 0 unspecified atom stereocenters. The topological polar surface area (TPSA) is 99.1 Å². The van der Waals surface area contributed by atoms with Gasteiger partial charge in [0.15, 0.2) is 11.5 Å². The average molecular weight is 416 g/mol. The third-order valence-corrected chi connectivity index (χ3v) is 4.30. The molecule has 29 heavy (non-hydrogen) atoms. The molecule has 0 bridgehead atoms. The maximum atomic E-state index is 11.2. The Morgan fingerprint density at radius 2 is 1.93 bits per heavy atom. The second-order valence-corrected chi connectivity index (χ2v) is 6.34. The number of hydrogen-bond acceptors (Lipinski definition) is 7. The van der Waals surface area contributed by atoms with Crippen LogP contribution in [0.3, 0.4) is 0 Å². The van der Waals surface area contributed by atoms with Crippen LogP contribution in [0.25, 0.3) is 11.3 Å². The van der Waals surface area contributed by atoms with Gasteiger partial charge in [-0.15, -0.1) is 0 Å². The molecule has 0 aliphatic heterocycles. The van der Waals surface area contributed by atoms with Crippen molar-refractivity contribution < 1.29 is 18.8 Å². The number of nitro benzene ring substituents is 1. The molecule has 0 radical (unpaired) electrons. The molecule has 0 saturated heterocycles. The van der Waals surface area contributed by atoms with E-state index in [1.807, 2.05) is 18.2 Å². The molecule has 0 fully saturated rings. The number of hydrogen-bond donors (Lipinski definition) is 1. The highest BCUT2D eigenvalue weighted by Crippen LogP contribution is 2.33. The van der Waals surface area contributed by atoms with Crippen LogP contribution >= 0.6 is 11.6 Å². The van der Waals surface area contributed by atoms with E-state index < -0.39 is 4.92 Å². The fraction of sp³-hybridized carbons (Fsp3) is 0.150. The lowest BCUT2D eigenvalue weighted by Gasteiger charge is -2.09. The largest absolute Gasteiger partial charge is 0.493 e. The van der Waals surface area contributed by atoms with Gasteiger partial charge in [0.2, 0.25) is 0 Å². The van der Waals surface area contributed by atoms with Gasteiger partial charge in [0.25, 0.3) is 5.69 Å². The van der Waals surface area contributed by atoms with Gasteiger partial charge >= 0.3 is 0 Å². The van der Waals surface area contributed by atoms with Crippen LogP contribution in [0.1, 0.15) is 11.3 Å². The van der Waals surface area contributed by atoms with E-state index in [0.29, 0.717) is 35.1 Å². The predicted molar refractivity (Wildman–Crippen MR) is 110 cm³/mol. The summed E-state index contributed by atoms with van der Waals surface area (Å²) in [6, 6.07) is 13.3. The molecule has 3 rings (SSSR count). The Hall–Kier alpha value is -3.52. The SMILES string of the molecule is COc1ccc(CN/N=C\c2ccc(-c3ccc(Cl)cc3[N+](=O)[O-])o2)cc1OC. The number of halogens is 1. The first-order valence-electron chi connectivity index (χ1n) is 8.53. The lowest BCUT2D eigenvalue weighted by atomic mass is 10.1. The molecule has 0 saturated carbocycles. The summed E-state index contributed by atoms with van der Waals surface area (Å²) in [4.78, 5) is 10.7. The van der Waals surface area contributed by atoms with Gasteiger partial charge in [-0.2, -0.15) is 5.10 Å². The highest BCUT2D eigenvalue weighted by Gasteiger charge is 2.18. The van der Waals surface area contributed by atoms with Crippen molar-refractivity contribution in [3.63, 3.8) is 0 Å². The molecule has 1 heterocycles. The highest BCUT2D eigenvalue weighted by atomic mass is 35.5. The molecular formula is C20H18ClN3O5. The molecular weight excluding hydrogens is 398 g/mol. The van der Waals surface area contributed by atoms with Gasteiger partial charge in [0.1, 0.15) is 11.5 Å². The Kier molecular flexibility index (Phi) is 6.36. The van der Waals surface area contributed by atoms with Crippen LogP contribution in [-0.2, 0) is 6.54 Å². The predicted octanol–water partition coefficient (Wildman–Crippen LogP) is 4.65. The van der Waals surface area contributed by atoms with Crippen LogP contribution < -0.4 is 14.9 Å². The van der Waals surface area contributed by atoms with E-state index in [9.17, 15) is 10.1 Å². The van der Waals surface area contributed by atoms with Crippen LogP contribution in [0.2, 0.25) is 5.02 Å². The summed E-state index contributed by atoms with van der Waals surface area (Å²) < 4.78 is 16.1. The van der Waals surface area contributed by atoms with E-state index in [1.54, 1.807) is 38.5 Å². The zero-order chi connectivity index (χ0) is 20.8. The Morgan fingerprint density at radius 1 is 1.14 bits per heavy atom. The number of nitrogens with one attached hydrogen (secondary N) is 1. The third-order valence-electron chi connectivity index (χ3n) is 4.06. The number of ether oxygens (including phenoxy) is 2. The minimum absolute atomic E-state index is 0.123. The van der Waals surface area contributed by atoms with Crippen LogP contribution in [0, 0.1) is 10.1 Å². The molecule has 0 atom stereocenters.